The highest BCUT2D eigenvalue weighted by Crippen LogP contribution is 2.27. The highest BCUT2D eigenvalue weighted by atomic mass is 16.5. The van der Waals surface area contributed by atoms with E-state index in [1.54, 1.807) is 25.0 Å². The zero-order valence-electron chi connectivity index (χ0n) is 22.5. The first-order valence-electron chi connectivity index (χ1n) is 12.5. The largest absolute Gasteiger partial charge is 0.497 e. The van der Waals surface area contributed by atoms with Gasteiger partial charge in [0, 0.05) is 30.7 Å². The Bertz CT molecular complexity index is 1420. The fourth-order valence-electron chi connectivity index (χ4n) is 4.07. The zero-order valence-corrected chi connectivity index (χ0v) is 22.5. The third-order valence-corrected chi connectivity index (χ3v) is 6.25. The lowest BCUT2D eigenvalue weighted by Gasteiger charge is -2.22. The molecule has 0 aliphatic carbocycles. The number of amides is 2. The first-order valence-corrected chi connectivity index (χ1v) is 12.5. The molecule has 0 saturated carbocycles. The summed E-state index contributed by atoms with van der Waals surface area (Å²) in [6.45, 7) is 6.65. The zero-order chi connectivity index (χ0) is 27.3. The molecule has 0 fully saturated rings. The van der Waals surface area contributed by atoms with Gasteiger partial charge in [-0.1, -0.05) is 51.1 Å². The number of aromatic nitrogens is 2. The molecule has 38 heavy (non-hydrogen) atoms. The number of rotatable bonds is 9. The van der Waals surface area contributed by atoms with E-state index in [0.29, 0.717) is 18.0 Å². The van der Waals surface area contributed by atoms with Crippen molar-refractivity contribution in [3.8, 4) is 11.4 Å². The van der Waals surface area contributed by atoms with Crippen LogP contribution >= 0.6 is 0 Å². The first kappa shape index (κ1) is 26.9. The van der Waals surface area contributed by atoms with E-state index in [1.807, 2.05) is 66.7 Å². The molecule has 0 aliphatic heterocycles. The monoisotopic (exact) mass is 514 g/mol. The standard InChI is InChI=1S/C30H34N4O4/c1-30(2,3)26-19-27(34(32-26)24-12-14-25(38-5)15-13-24)31-28(35)20-33(16-17-37-4)29(36)23-11-10-21-8-6-7-9-22(21)18-23/h6-15,18-19H,16-17,20H2,1-5H3,(H,31,35). The van der Waals surface area contributed by atoms with Gasteiger partial charge in [-0.15, -0.1) is 0 Å². The van der Waals surface area contributed by atoms with Gasteiger partial charge >= 0.3 is 0 Å². The van der Waals surface area contributed by atoms with Gasteiger partial charge in [0.2, 0.25) is 5.91 Å². The molecular formula is C30H34N4O4. The lowest BCUT2D eigenvalue weighted by atomic mass is 9.92. The van der Waals surface area contributed by atoms with Crippen LogP contribution in [0.25, 0.3) is 16.5 Å². The van der Waals surface area contributed by atoms with E-state index >= 15 is 0 Å². The number of hydrogen-bond acceptors (Lipinski definition) is 5. The summed E-state index contributed by atoms with van der Waals surface area (Å²) in [4.78, 5) is 28.2. The van der Waals surface area contributed by atoms with Crippen molar-refractivity contribution in [1.29, 1.82) is 0 Å². The van der Waals surface area contributed by atoms with E-state index in [9.17, 15) is 9.59 Å². The van der Waals surface area contributed by atoms with E-state index in [2.05, 4.69) is 26.1 Å². The lowest BCUT2D eigenvalue weighted by Crippen LogP contribution is -2.40. The number of carbonyl (C=O) groups is 2. The number of anilines is 1. The topological polar surface area (TPSA) is 85.7 Å². The summed E-state index contributed by atoms with van der Waals surface area (Å²) >= 11 is 0. The predicted octanol–water partition coefficient (Wildman–Crippen LogP) is 5.06. The number of ether oxygens (including phenoxy) is 2. The van der Waals surface area contributed by atoms with Gasteiger partial charge in [0.05, 0.1) is 25.1 Å². The van der Waals surface area contributed by atoms with Crippen LogP contribution in [0.3, 0.4) is 0 Å². The molecular weight excluding hydrogens is 480 g/mol. The van der Waals surface area contributed by atoms with Crippen molar-refractivity contribution in [1.82, 2.24) is 14.7 Å². The van der Waals surface area contributed by atoms with Crippen molar-refractivity contribution in [2.24, 2.45) is 0 Å². The normalized spacial score (nSPS) is 11.4. The number of carbonyl (C=O) groups excluding carboxylic acids is 2. The third kappa shape index (κ3) is 6.20. The summed E-state index contributed by atoms with van der Waals surface area (Å²) in [5.74, 6) is 0.686. The molecule has 0 bridgehead atoms. The van der Waals surface area contributed by atoms with Gasteiger partial charge in [-0.25, -0.2) is 4.68 Å². The second-order valence-electron chi connectivity index (χ2n) is 10.1. The number of methoxy groups -OCH3 is 2. The quantitative estimate of drug-likeness (QED) is 0.338. The smallest absolute Gasteiger partial charge is 0.254 e. The van der Waals surface area contributed by atoms with E-state index in [-0.39, 0.29) is 30.3 Å². The number of nitrogens with one attached hydrogen (secondary N) is 1. The minimum absolute atomic E-state index is 0.131. The van der Waals surface area contributed by atoms with Crippen LogP contribution in [0.1, 0.15) is 36.8 Å². The van der Waals surface area contributed by atoms with Crippen LogP contribution in [-0.4, -0.2) is 60.4 Å². The van der Waals surface area contributed by atoms with Crippen molar-refractivity contribution < 1.29 is 19.1 Å². The molecule has 1 N–H and O–H groups in total. The van der Waals surface area contributed by atoms with Gasteiger partial charge in [-0.05, 0) is 47.2 Å². The molecule has 0 radical (unpaired) electrons. The molecule has 8 nitrogen and oxygen atoms in total. The maximum atomic E-state index is 13.4. The summed E-state index contributed by atoms with van der Waals surface area (Å²) < 4.78 is 12.2. The molecule has 3 aromatic carbocycles. The maximum Gasteiger partial charge on any atom is 0.254 e. The molecule has 0 saturated heterocycles. The minimum Gasteiger partial charge on any atom is -0.497 e. The molecule has 0 aliphatic rings. The van der Waals surface area contributed by atoms with Gasteiger partial charge in [-0.2, -0.15) is 5.10 Å². The molecule has 4 rings (SSSR count). The van der Waals surface area contributed by atoms with Crippen LogP contribution in [-0.2, 0) is 14.9 Å². The lowest BCUT2D eigenvalue weighted by molar-refractivity contribution is -0.117. The molecule has 0 atom stereocenters. The molecule has 2 amide bonds. The Morgan fingerprint density at radius 3 is 2.32 bits per heavy atom. The van der Waals surface area contributed by atoms with Crippen LogP contribution in [0, 0.1) is 0 Å². The molecule has 8 heteroatoms. The molecule has 4 aromatic rings. The fourth-order valence-corrected chi connectivity index (χ4v) is 4.07. The van der Waals surface area contributed by atoms with Gasteiger partial charge in [0.15, 0.2) is 0 Å². The Kier molecular flexibility index (Phi) is 8.12. The Labute approximate surface area is 223 Å². The van der Waals surface area contributed by atoms with Crippen molar-refractivity contribution in [3.63, 3.8) is 0 Å². The van der Waals surface area contributed by atoms with Gasteiger partial charge in [0.25, 0.3) is 5.91 Å². The Balaban J connectivity index is 1.58. The van der Waals surface area contributed by atoms with Crippen LogP contribution in [0.15, 0.2) is 72.8 Å². The van der Waals surface area contributed by atoms with Gasteiger partial charge in [0.1, 0.15) is 18.1 Å². The highest BCUT2D eigenvalue weighted by molar-refractivity contribution is 6.01. The van der Waals surface area contributed by atoms with E-state index < -0.39 is 0 Å². The summed E-state index contributed by atoms with van der Waals surface area (Å²) in [5, 5.41) is 9.74. The van der Waals surface area contributed by atoms with E-state index in [0.717, 1.165) is 27.9 Å². The third-order valence-electron chi connectivity index (χ3n) is 6.25. The van der Waals surface area contributed by atoms with Gasteiger partial charge in [-0.3, -0.25) is 9.59 Å². The maximum absolute atomic E-state index is 13.4. The molecule has 1 aromatic heterocycles. The van der Waals surface area contributed by atoms with Crippen molar-refractivity contribution in [2.75, 3.05) is 39.2 Å². The van der Waals surface area contributed by atoms with Crippen molar-refractivity contribution in [3.05, 3.63) is 84.1 Å². The Morgan fingerprint density at radius 2 is 1.66 bits per heavy atom. The van der Waals surface area contributed by atoms with Crippen LogP contribution < -0.4 is 10.1 Å². The average Bonchev–Trinajstić information content (AvgIpc) is 3.34. The second-order valence-corrected chi connectivity index (χ2v) is 10.1. The van der Waals surface area contributed by atoms with Crippen LogP contribution in [0.2, 0.25) is 0 Å². The molecule has 198 valence electrons. The highest BCUT2D eigenvalue weighted by Gasteiger charge is 2.24. The van der Waals surface area contributed by atoms with Crippen molar-refractivity contribution >= 4 is 28.4 Å². The molecule has 0 spiro atoms. The van der Waals surface area contributed by atoms with Crippen molar-refractivity contribution in [2.45, 2.75) is 26.2 Å². The van der Waals surface area contributed by atoms with Crippen LogP contribution in [0.5, 0.6) is 5.75 Å². The average molecular weight is 515 g/mol. The summed E-state index contributed by atoms with van der Waals surface area (Å²) in [6.07, 6.45) is 0. The predicted molar refractivity (Wildman–Crippen MR) is 149 cm³/mol. The second kappa shape index (κ2) is 11.5. The Hall–Kier alpha value is -4.17. The van der Waals surface area contributed by atoms with Gasteiger partial charge < -0.3 is 19.7 Å². The Morgan fingerprint density at radius 1 is 0.947 bits per heavy atom. The summed E-state index contributed by atoms with van der Waals surface area (Å²) in [7, 11) is 3.18. The number of nitrogens with zero attached hydrogens (tertiary/aromatic N) is 3. The van der Waals surface area contributed by atoms with E-state index in [4.69, 9.17) is 14.6 Å². The minimum atomic E-state index is -0.328. The van der Waals surface area contributed by atoms with E-state index in [1.165, 1.54) is 4.90 Å². The number of benzene rings is 3. The molecule has 1 heterocycles. The summed E-state index contributed by atoms with van der Waals surface area (Å²) in [6, 6.07) is 22.7. The van der Waals surface area contributed by atoms with Crippen LogP contribution in [0.4, 0.5) is 5.82 Å². The first-order chi connectivity index (χ1) is 18.2. The summed E-state index contributed by atoms with van der Waals surface area (Å²) in [5.41, 5.74) is 1.89. The number of fused-ring (bicyclic) bond motifs is 1. The number of hydrogen-bond donors (Lipinski definition) is 1. The fraction of sp³-hybridized carbons (Fsp3) is 0.300. The molecule has 0 unspecified atom stereocenters. The SMILES string of the molecule is COCCN(CC(=O)Nc1cc(C(C)(C)C)nn1-c1ccc(OC)cc1)C(=O)c1ccc2ccccc2c1.